The van der Waals surface area contributed by atoms with Crippen molar-refractivity contribution in [2.75, 3.05) is 0 Å². The standard InChI is InChI=1S/C16H15N3O3/c1-3-4-5-6-11(2)22-15-8-7-12(10-17-15)13-9-14(16(20)21)19-18-13/h3-10H,1H2,2H3,(H,18,19)(H,20,21)/b5-4-,11-6+. The summed E-state index contributed by atoms with van der Waals surface area (Å²) < 4.78 is 5.54. The number of aromatic nitrogens is 3. The lowest BCUT2D eigenvalue weighted by molar-refractivity contribution is 0.0690. The lowest BCUT2D eigenvalue weighted by atomic mass is 10.2. The van der Waals surface area contributed by atoms with Crippen LogP contribution in [0.3, 0.4) is 0 Å². The molecule has 0 aliphatic heterocycles. The van der Waals surface area contributed by atoms with Gasteiger partial charge in [0.2, 0.25) is 5.88 Å². The molecule has 2 heterocycles. The second-order valence-corrected chi connectivity index (χ2v) is 4.36. The number of nitrogens with zero attached hydrogens (tertiary/aromatic N) is 2. The maximum absolute atomic E-state index is 10.8. The molecule has 0 spiro atoms. The SMILES string of the molecule is C=C/C=C\C=C(/C)Oc1ccc(-c2cc(C(=O)O)[nH]n2)cn1. The number of allylic oxidation sites excluding steroid dienone is 5. The fourth-order valence-electron chi connectivity index (χ4n) is 1.64. The third-order valence-corrected chi connectivity index (χ3v) is 2.68. The van der Waals surface area contributed by atoms with Crippen molar-refractivity contribution in [3.63, 3.8) is 0 Å². The minimum Gasteiger partial charge on any atom is -0.477 e. The highest BCUT2D eigenvalue weighted by atomic mass is 16.5. The molecule has 0 aromatic carbocycles. The molecule has 112 valence electrons. The van der Waals surface area contributed by atoms with Gasteiger partial charge in [0.05, 0.1) is 5.69 Å². The molecule has 0 saturated carbocycles. The molecule has 2 aromatic rings. The van der Waals surface area contributed by atoms with E-state index >= 15 is 0 Å². The van der Waals surface area contributed by atoms with Crippen LogP contribution in [-0.2, 0) is 0 Å². The van der Waals surface area contributed by atoms with Gasteiger partial charge in [-0.15, -0.1) is 0 Å². The summed E-state index contributed by atoms with van der Waals surface area (Å²) in [5.41, 5.74) is 1.24. The summed E-state index contributed by atoms with van der Waals surface area (Å²) in [6.45, 7) is 5.39. The van der Waals surface area contributed by atoms with Crippen molar-refractivity contribution in [1.82, 2.24) is 15.2 Å². The first-order valence-corrected chi connectivity index (χ1v) is 6.49. The van der Waals surface area contributed by atoms with Crippen molar-refractivity contribution in [2.45, 2.75) is 6.92 Å². The molecule has 0 saturated heterocycles. The second-order valence-electron chi connectivity index (χ2n) is 4.36. The highest BCUT2D eigenvalue weighted by Crippen LogP contribution is 2.19. The molecule has 0 atom stereocenters. The maximum Gasteiger partial charge on any atom is 0.353 e. The summed E-state index contributed by atoms with van der Waals surface area (Å²) in [6.07, 6.45) is 8.65. The fraction of sp³-hybridized carbons (Fsp3) is 0.0625. The van der Waals surface area contributed by atoms with Gasteiger partial charge in [-0.05, 0) is 25.1 Å². The van der Waals surface area contributed by atoms with Gasteiger partial charge in [-0.25, -0.2) is 9.78 Å². The van der Waals surface area contributed by atoms with Crippen LogP contribution in [0.25, 0.3) is 11.3 Å². The molecule has 6 nitrogen and oxygen atoms in total. The zero-order valence-electron chi connectivity index (χ0n) is 12.0. The summed E-state index contributed by atoms with van der Waals surface area (Å²) in [6, 6.07) is 4.90. The third-order valence-electron chi connectivity index (χ3n) is 2.68. The topological polar surface area (TPSA) is 88.1 Å². The van der Waals surface area contributed by atoms with Crippen molar-refractivity contribution < 1.29 is 14.6 Å². The third kappa shape index (κ3) is 3.92. The van der Waals surface area contributed by atoms with Crippen LogP contribution < -0.4 is 4.74 Å². The highest BCUT2D eigenvalue weighted by Gasteiger charge is 2.09. The van der Waals surface area contributed by atoms with Gasteiger partial charge < -0.3 is 9.84 Å². The summed E-state index contributed by atoms with van der Waals surface area (Å²) in [4.78, 5) is 15.0. The molecule has 0 unspecified atom stereocenters. The molecule has 0 aliphatic rings. The number of nitrogens with one attached hydrogen (secondary N) is 1. The Labute approximate surface area is 127 Å². The van der Waals surface area contributed by atoms with Crippen molar-refractivity contribution in [3.8, 4) is 17.1 Å². The Morgan fingerprint density at radius 1 is 1.41 bits per heavy atom. The van der Waals surface area contributed by atoms with Gasteiger partial charge in [0.15, 0.2) is 0 Å². The average Bonchev–Trinajstić information content (AvgIpc) is 2.98. The van der Waals surface area contributed by atoms with E-state index in [1.165, 1.54) is 6.07 Å². The highest BCUT2D eigenvalue weighted by molar-refractivity contribution is 5.86. The Kier molecular flexibility index (Phi) is 4.87. The van der Waals surface area contributed by atoms with E-state index in [0.717, 1.165) is 0 Å². The van der Waals surface area contributed by atoms with Gasteiger partial charge in [-0.2, -0.15) is 5.10 Å². The predicted molar refractivity (Wildman–Crippen MR) is 82.5 cm³/mol. The first-order valence-electron chi connectivity index (χ1n) is 6.49. The number of carbonyl (C=O) groups is 1. The normalized spacial score (nSPS) is 11.6. The quantitative estimate of drug-likeness (QED) is 0.631. The molecule has 0 amide bonds. The number of carboxylic acid groups (broad SMARTS) is 1. The Balaban J connectivity index is 2.09. The number of carboxylic acids is 1. The van der Waals surface area contributed by atoms with E-state index in [-0.39, 0.29) is 5.69 Å². The lowest BCUT2D eigenvalue weighted by Gasteiger charge is -2.04. The van der Waals surface area contributed by atoms with Crippen LogP contribution in [0.5, 0.6) is 5.88 Å². The summed E-state index contributed by atoms with van der Waals surface area (Å²) in [5.74, 6) is 0.0739. The Morgan fingerprint density at radius 3 is 2.82 bits per heavy atom. The van der Waals surface area contributed by atoms with E-state index in [1.807, 2.05) is 13.0 Å². The van der Waals surface area contributed by atoms with E-state index in [9.17, 15) is 4.79 Å². The largest absolute Gasteiger partial charge is 0.477 e. The van der Waals surface area contributed by atoms with Crippen LogP contribution in [0.15, 0.2) is 61.0 Å². The van der Waals surface area contributed by atoms with Crippen LogP contribution in [0.1, 0.15) is 17.4 Å². The van der Waals surface area contributed by atoms with E-state index in [1.54, 1.807) is 36.6 Å². The predicted octanol–water partition coefficient (Wildman–Crippen LogP) is 3.19. The van der Waals surface area contributed by atoms with Crippen LogP contribution in [0, 0.1) is 0 Å². The van der Waals surface area contributed by atoms with Crippen molar-refractivity contribution >= 4 is 5.97 Å². The fourth-order valence-corrected chi connectivity index (χ4v) is 1.64. The first kappa shape index (κ1) is 15.2. The molecule has 2 N–H and O–H groups in total. The molecule has 22 heavy (non-hydrogen) atoms. The van der Waals surface area contributed by atoms with Crippen LogP contribution in [0.4, 0.5) is 0 Å². The number of hydrogen-bond donors (Lipinski definition) is 2. The second kappa shape index (κ2) is 7.03. The number of hydrogen-bond acceptors (Lipinski definition) is 4. The van der Waals surface area contributed by atoms with Crippen molar-refractivity contribution in [1.29, 1.82) is 0 Å². The molecular formula is C16H15N3O3. The number of aromatic amines is 1. The van der Waals surface area contributed by atoms with E-state index in [2.05, 4.69) is 21.8 Å². The zero-order chi connectivity index (χ0) is 15.9. The molecule has 2 aromatic heterocycles. The van der Waals surface area contributed by atoms with Crippen molar-refractivity contribution in [2.24, 2.45) is 0 Å². The van der Waals surface area contributed by atoms with Crippen molar-refractivity contribution in [3.05, 3.63) is 66.7 Å². The number of ether oxygens (including phenoxy) is 1. The average molecular weight is 297 g/mol. The molecule has 6 heteroatoms. The molecular weight excluding hydrogens is 282 g/mol. The number of aromatic carboxylic acids is 1. The summed E-state index contributed by atoms with van der Waals surface area (Å²) in [5, 5.41) is 15.2. The summed E-state index contributed by atoms with van der Waals surface area (Å²) in [7, 11) is 0. The summed E-state index contributed by atoms with van der Waals surface area (Å²) >= 11 is 0. The number of rotatable bonds is 6. The minimum atomic E-state index is -1.06. The molecule has 2 rings (SSSR count). The number of pyridine rings is 1. The van der Waals surface area contributed by atoms with Gasteiger partial charge in [-0.1, -0.05) is 24.8 Å². The van der Waals surface area contributed by atoms with Gasteiger partial charge >= 0.3 is 5.97 Å². The van der Waals surface area contributed by atoms with Gasteiger partial charge in [0.25, 0.3) is 0 Å². The number of H-pyrrole nitrogens is 1. The zero-order valence-corrected chi connectivity index (χ0v) is 12.0. The lowest BCUT2D eigenvalue weighted by Crippen LogP contribution is -1.95. The van der Waals surface area contributed by atoms with Crippen LogP contribution in [-0.4, -0.2) is 26.3 Å². The molecule has 0 radical (unpaired) electrons. The van der Waals surface area contributed by atoms with E-state index in [4.69, 9.17) is 9.84 Å². The molecule has 0 fully saturated rings. The van der Waals surface area contributed by atoms with E-state index in [0.29, 0.717) is 22.9 Å². The van der Waals surface area contributed by atoms with Gasteiger partial charge in [-0.3, -0.25) is 5.10 Å². The smallest absolute Gasteiger partial charge is 0.353 e. The first-order chi connectivity index (χ1) is 10.6. The molecule has 0 bridgehead atoms. The molecule has 0 aliphatic carbocycles. The minimum absolute atomic E-state index is 0.0307. The van der Waals surface area contributed by atoms with E-state index < -0.39 is 5.97 Å². The van der Waals surface area contributed by atoms with Crippen LogP contribution >= 0.6 is 0 Å². The van der Waals surface area contributed by atoms with Gasteiger partial charge in [0.1, 0.15) is 11.5 Å². The Morgan fingerprint density at radius 2 is 2.23 bits per heavy atom. The Bertz CT molecular complexity index is 727. The van der Waals surface area contributed by atoms with Gasteiger partial charge in [0, 0.05) is 17.8 Å². The maximum atomic E-state index is 10.8. The van der Waals surface area contributed by atoms with Crippen LogP contribution in [0.2, 0.25) is 0 Å². The Hall–Kier alpha value is -3.15. The monoisotopic (exact) mass is 297 g/mol.